The average molecular weight is 335 g/mol. The molecule has 0 atom stereocenters. The van der Waals surface area contributed by atoms with Gasteiger partial charge < -0.3 is 9.47 Å². The summed E-state index contributed by atoms with van der Waals surface area (Å²) >= 11 is 0. The lowest BCUT2D eigenvalue weighted by Gasteiger charge is -2.28. The molecule has 2 aromatic rings. The Morgan fingerprint density at radius 1 is 1.29 bits per heavy atom. The van der Waals surface area contributed by atoms with Crippen molar-refractivity contribution in [2.45, 2.75) is 33.0 Å². The zero-order valence-corrected chi connectivity index (χ0v) is 13.6. The number of hydrogen-bond acceptors (Lipinski definition) is 5. The van der Waals surface area contributed by atoms with Crippen LogP contribution in [-0.2, 0) is 19.5 Å². The van der Waals surface area contributed by atoms with E-state index in [2.05, 4.69) is 19.6 Å². The molecule has 1 aromatic heterocycles. The first-order valence-electron chi connectivity index (χ1n) is 7.70. The molecule has 0 bridgehead atoms. The van der Waals surface area contributed by atoms with Crippen molar-refractivity contribution in [1.29, 1.82) is 0 Å². The molecule has 2 heterocycles. The third-order valence-corrected chi connectivity index (χ3v) is 3.98. The molecule has 128 valence electrons. The minimum absolute atomic E-state index is 0.0455. The van der Waals surface area contributed by atoms with Crippen molar-refractivity contribution in [2.24, 2.45) is 0 Å². The quantitative estimate of drug-likeness (QED) is 0.841. The predicted molar refractivity (Wildman–Crippen MR) is 84.2 cm³/mol. The fourth-order valence-corrected chi connectivity index (χ4v) is 2.87. The fraction of sp³-hybridized carbons (Fsp3) is 0.412. The van der Waals surface area contributed by atoms with Gasteiger partial charge in [-0.1, -0.05) is 6.07 Å². The number of benzene rings is 1. The number of alkyl halides is 2. The Balaban J connectivity index is 1.71. The van der Waals surface area contributed by atoms with Gasteiger partial charge >= 0.3 is 6.61 Å². The van der Waals surface area contributed by atoms with E-state index in [9.17, 15) is 8.78 Å². The lowest BCUT2D eigenvalue weighted by Crippen LogP contribution is -2.31. The Kier molecular flexibility index (Phi) is 4.89. The molecule has 0 aliphatic carbocycles. The molecule has 1 aromatic carbocycles. The van der Waals surface area contributed by atoms with Crippen molar-refractivity contribution in [3.63, 3.8) is 0 Å². The standard InChI is InChI=1S/C17H19F2N3O2/c1-11-20-8-13-10-22(6-5-14(13)21-11)9-12-3-4-15(24-17(18)19)16(7-12)23-2/h3-4,7-8,17H,5-6,9-10H2,1-2H3. The summed E-state index contributed by atoms with van der Waals surface area (Å²) < 4.78 is 34.4. The van der Waals surface area contributed by atoms with Crippen LogP contribution >= 0.6 is 0 Å². The first-order valence-corrected chi connectivity index (χ1v) is 7.70. The van der Waals surface area contributed by atoms with Crippen LogP contribution in [0.4, 0.5) is 8.78 Å². The number of rotatable bonds is 5. The van der Waals surface area contributed by atoms with Crippen molar-refractivity contribution in [3.05, 3.63) is 47.0 Å². The molecule has 0 amide bonds. The van der Waals surface area contributed by atoms with E-state index >= 15 is 0 Å². The number of methoxy groups -OCH3 is 1. The number of ether oxygens (including phenoxy) is 2. The minimum Gasteiger partial charge on any atom is -0.493 e. The van der Waals surface area contributed by atoms with Crippen LogP contribution in [0, 0.1) is 6.92 Å². The molecule has 0 radical (unpaired) electrons. The van der Waals surface area contributed by atoms with E-state index in [1.807, 2.05) is 13.1 Å². The third kappa shape index (κ3) is 3.79. The van der Waals surface area contributed by atoms with Crippen LogP contribution in [0.3, 0.4) is 0 Å². The normalized spacial score (nSPS) is 14.5. The van der Waals surface area contributed by atoms with Gasteiger partial charge in [0.05, 0.1) is 7.11 Å². The highest BCUT2D eigenvalue weighted by molar-refractivity contribution is 5.43. The highest BCUT2D eigenvalue weighted by Crippen LogP contribution is 2.30. The molecule has 5 nitrogen and oxygen atoms in total. The lowest BCUT2D eigenvalue weighted by atomic mass is 10.1. The molecule has 1 aliphatic heterocycles. The van der Waals surface area contributed by atoms with Gasteiger partial charge in [0.15, 0.2) is 11.5 Å². The first kappa shape index (κ1) is 16.6. The molecule has 0 saturated carbocycles. The Hall–Kier alpha value is -2.28. The number of hydrogen-bond donors (Lipinski definition) is 0. The summed E-state index contributed by atoms with van der Waals surface area (Å²) in [5.74, 6) is 1.15. The topological polar surface area (TPSA) is 47.5 Å². The number of aryl methyl sites for hydroxylation is 1. The molecular formula is C17H19F2N3O2. The van der Waals surface area contributed by atoms with E-state index in [1.54, 1.807) is 12.1 Å². The van der Waals surface area contributed by atoms with Gasteiger partial charge in [-0.05, 0) is 24.6 Å². The van der Waals surface area contributed by atoms with Gasteiger partial charge in [0.1, 0.15) is 5.82 Å². The van der Waals surface area contributed by atoms with Gasteiger partial charge in [0.25, 0.3) is 0 Å². The summed E-state index contributed by atoms with van der Waals surface area (Å²) in [6, 6.07) is 5.03. The monoisotopic (exact) mass is 335 g/mol. The smallest absolute Gasteiger partial charge is 0.387 e. The number of aromatic nitrogens is 2. The number of fused-ring (bicyclic) bond motifs is 1. The summed E-state index contributed by atoms with van der Waals surface area (Å²) in [5, 5.41) is 0. The molecule has 0 unspecified atom stereocenters. The van der Waals surface area contributed by atoms with Crippen LogP contribution in [-0.4, -0.2) is 35.1 Å². The van der Waals surface area contributed by atoms with E-state index < -0.39 is 6.61 Å². The maximum atomic E-state index is 12.4. The zero-order chi connectivity index (χ0) is 17.1. The molecule has 0 saturated heterocycles. The SMILES string of the molecule is COc1cc(CN2CCc3nc(C)ncc3C2)ccc1OC(F)F. The van der Waals surface area contributed by atoms with E-state index in [0.717, 1.165) is 42.2 Å². The van der Waals surface area contributed by atoms with E-state index in [1.165, 1.54) is 13.2 Å². The van der Waals surface area contributed by atoms with Crippen LogP contribution in [0.15, 0.2) is 24.4 Å². The second-order valence-corrected chi connectivity index (χ2v) is 5.71. The molecular weight excluding hydrogens is 316 g/mol. The van der Waals surface area contributed by atoms with E-state index in [4.69, 9.17) is 4.74 Å². The van der Waals surface area contributed by atoms with Crippen LogP contribution in [0.5, 0.6) is 11.5 Å². The summed E-state index contributed by atoms with van der Waals surface area (Å²) in [6.07, 6.45) is 2.76. The summed E-state index contributed by atoms with van der Waals surface area (Å²) in [7, 11) is 1.44. The van der Waals surface area contributed by atoms with E-state index in [-0.39, 0.29) is 5.75 Å². The zero-order valence-electron chi connectivity index (χ0n) is 13.6. The van der Waals surface area contributed by atoms with Crippen LogP contribution in [0.25, 0.3) is 0 Å². The van der Waals surface area contributed by atoms with Crippen LogP contribution in [0.1, 0.15) is 22.6 Å². The number of nitrogens with zero attached hydrogens (tertiary/aromatic N) is 3. The molecule has 0 fully saturated rings. The van der Waals surface area contributed by atoms with Gasteiger partial charge in [0.2, 0.25) is 0 Å². The Labute approximate surface area is 139 Å². The molecule has 1 aliphatic rings. The highest BCUT2D eigenvalue weighted by atomic mass is 19.3. The summed E-state index contributed by atoms with van der Waals surface area (Å²) in [4.78, 5) is 11.0. The van der Waals surface area contributed by atoms with Crippen LogP contribution in [0.2, 0.25) is 0 Å². The van der Waals surface area contributed by atoms with Gasteiger partial charge in [-0.3, -0.25) is 4.90 Å². The molecule has 3 rings (SSSR count). The molecule has 0 spiro atoms. The summed E-state index contributed by atoms with van der Waals surface area (Å²) in [5.41, 5.74) is 3.22. The highest BCUT2D eigenvalue weighted by Gasteiger charge is 2.19. The Bertz CT molecular complexity index is 725. The van der Waals surface area contributed by atoms with Crippen LogP contribution < -0.4 is 9.47 Å². The average Bonchev–Trinajstić information content (AvgIpc) is 2.56. The largest absolute Gasteiger partial charge is 0.493 e. The molecule has 24 heavy (non-hydrogen) atoms. The predicted octanol–water partition coefficient (Wildman–Crippen LogP) is 2.95. The van der Waals surface area contributed by atoms with E-state index in [0.29, 0.717) is 12.3 Å². The van der Waals surface area contributed by atoms with Crippen molar-refractivity contribution in [1.82, 2.24) is 14.9 Å². The molecule has 7 heteroatoms. The Morgan fingerprint density at radius 2 is 2.12 bits per heavy atom. The molecule has 0 N–H and O–H groups in total. The maximum Gasteiger partial charge on any atom is 0.387 e. The van der Waals surface area contributed by atoms with Gasteiger partial charge in [-0.2, -0.15) is 8.78 Å². The first-order chi connectivity index (χ1) is 11.5. The van der Waals surface area contributed by atoms with Gasteiger partial charge in [0, 0.05) is 43.5 Å². The second-order valence-electron chi connectivity index (χ2n) is 5.71. The van der Waals surface area contributed by atoms with Gasteiger partial charge in [-0.25, -0.2) is 9.97 Å². The third-order valence-electron chi connectivity index (χ3n) is 3.98. The second kappa shape index (κ2) is 7.09. The minimum atomic E-state index is -2.87. The summed E-state index contributed by atoms with van der Waals surface area (Å²) in [6.45, 7) is 1.38. The van der Waals surface area contributed by atoms with Crippen molar-refractivity contribution < 1.29 is 18.3 Å². The fourth-order valence-electron chi connectivity index (χ4n) is 2.87. The van der Waals surface area contributed by atoms with Crippen molar-refractivity contribution in [2.75, 3.05) is 13.7 Å². The maximum absolute atomic E-state index is 12.4. The lowest BCUT2D eigenvalue weighted by molar-refractivity contribution is -0.0512. The van der Waals surface area contributed by atoms with Crippen molar-refractivity contribution >= 4 is 0 Å². The number of halogens is 2. The van der Waals surface area contributed by atoms with Crippen molar-refractivity contribution in [3.8, 4) is 11.5 Å². The van der Waals surface area contributed by atoms with Gasteiger partial charge in [-0.15, -0.1) is 0 Å². The Morgan fingerprint density at radius 3 is 2.88 bits per heavy atom.